The van der Waals surface area contributed by atoms with Crippen molar-refractivity contribution in [3.8, 4) is 0 Å². The van der Waals surface area contributed by atoms with Crippen LogP contribution in [0.1, 0.15) is 5.56 Å². The molecule has 0 unspecified atom stereocenters. The molecule has 14 heavy (non-hydrogen) atoms. The van der Waals surface area contributed by atoms with Gasteiger partial charge in [0.25, 0.3) is 5.91 Å². The Hall–Kier alpha value is -1.04. The predicted molar refractivity (Wildman–Crippen MR) is 66.9 cm³/mol. The molecule has 0 saturated heterocycles. The number of amides is 1. The van der Waals surface area contributed by atoms with Gasteiger partial charge in [-0.2, -0.15) is 0 Å². The Morgan fingerprint density at radius 3 is 2.64 bits per heavy atom. The molecule has 0 atom stereocenters. The van der Waals surface area contributed by atoms with Crippen LogP contribution in [0, 0.1) is 15.9 Å². The number of rotatable bonds is 3. The molecule has 0 aliphatic carbocycles. The molecule has 1 aromatic carbocycles. The first-order valence-corrected chi connectivity index (χ1v) is 6.18. The summed E-state index contributed by atoms with van der Waals surface area (Å²) >= 11 is -0.602. The zero-order chi connectivity index (χ0) is 10.6. The fourth-order valence-corrected chi connectivity index (χ4v) is 2.95. The zero-order valence-electron chi connectivity index (χ0n) is 7.75. The summed E-state index contributed by atoms with van der Waals surface area (Å²) in [5, 5.41) is 7.07. The molecule has 0 fully saturated rings. The SMILES string of the molecule is Cc1ccccc1I=C(C=N)C(N)=O. The van der Waals surface area contributed by atoms with Crippen molar-refractivity contribution >= 4 is 36.4 Å². The maximum Gasteiger partial charge on any atom is 0.256 e. The molecule has 0 saturated carbocycles. The second-order valence-electron chi connectivity index (χ2n) is 2.70. The highest BCUT2D eigenvalue weighted by Crippen LogP contribution is 2.16. The van der Waals surface area contributed by atoms with Crippen molar-refractivity contribution in [2.45, 2.75) is 6.92 Å². The molecule has 0 heterocycles. The number of benzene rings is 1. The number of carbonyl (C=O) groups excluding carboxylic acids is 1. The van der Waals surface area contributed by atoms with Crippen LogP contribution in [0.4, 0.5) is 0 Å². The fourth-order valence-electron chi connectivity index (χ4n) is 0.912. The van der Waals surface area contributed by atoms with Gasteiger partial charge in [-0.1, -0.05) is 38.9 Å². The minimum absolute atomic E-state index is 0.443. The molecule has 0 aliphatic heterocycles. The molecule has 0 bridgehead atoms. The lowest BCUT2D eigenvalue weighted by atomic mass is 10.2. The molecule has 3 N–H and O–H groups in total. The predicted octanol–water partition coefficient (Wildman–Crippen LogP) is 1.44. The first-order valence-electron chi connectivity index (χ1n) is 4.03. The first kappa shape index (κ1) is 11.0. The van der Waals surface area contributed by atoms with Gasteiger partial charge in [0.1, 0.15) is 0 Å². The summed E-state index contributed by atoms with van der Waals surface area (Å²) in [6.45, 7) is 2.00. The Kier molecular flexibility index (Phi) is 3.94. The van der Waals surface area contributed by atoms with Gasteiger partial charge in [-0.05, 0) is 18.6 Å². The van der Waals surface area contributed by atoms with Crippen molar-refractivity contribution < 1.29 is 4.79 Å². The van der Waals surface area contributed by atoms with E-state index in [9.17, 15) is 4.79 Å². The minimum atomic E-state index is -0.602. The van der Waals surface area contributed by atoms with Crippen molar-refractivity contribution in [1.29, 1.82) is 5.41 Å². The number of nitrogens with two attached hydrogens (primary N) is 1. The van der Waals surface area contributed by atoms with Crippen molar-refractivity contribution in [2.24, 2.45) is 5.73 Å². The van der Waals surface area contributed by atoms with Gasteiger partial charge in [0.05, 0.1) is 3.51 Å². The number of carbonyl (C=O) groups is 1. The standard InChI is InChI=1S/C10H11IN2O/c1-7-4-2-3-5-8(7)11-9(6-12)10(13)14/h2-6,12H,1H3,(H2,13,14). The highest BCUT2D eigenvalue weighted by molar-refractivity contribution is 14.2. The van der Waals surface area contributed by atoms with Crippen LogP contribution in [-0.2, 0) is 4.79 Å². The Labute approximate surface area is 92.6 Å². The van der Waals surface area contributed by atoms with Gasteiger partial charge in [0.2, 0.25) is 0 Å². The lowest BCUT2D eigenvalue weighted by Gasteiger charge is -1.99. The smallest absolute Gasteiger partial charge is 0.256 e. The van der Waals surface area contributed by atoms with Gasteiger partial charge in [0, 0.05) is 9.78 Å². The van der Waals surface area contributed by atoms with Crippen molar-refractivity contribution in [3.63, 3.8) is 0 Å². The molecular formula is C10H11IN2O. The number of halogens is 1. The summed E-state index contributed by atoms with van der Waals surface area (Å²) in [5.74, 6) is -0.476. The van der Waals surface area contributed by atoms with Gasteiger partial charge in [-0.3, -0.25) is 4.79 Å². The second-order valence-corrected chi connectivity index (χ2v) is 5.56. The van der Waals surface area contributed by atoms with E-state index in [1.165, 1.54) is 0 Å². The normalized spacial score (nSPS) is 11.6. The molecule has 0 spiro atoms. The van der Waals surface area contributed by atoms with Crippen LogP contribution >= 0.6 is 20.7 Å². The number of hydrogen-bond donors (Lipinski definition) is 2. The van der Waals surface area contributed by atoms with Crippen molar-refractivity contribution in [2.75, 3.05) is 0 Å². The highest BCUT2D eigenvalue weighted by atomic mass is 127. The average molecular weight is 302 g/mol. The molecule has 1 aromatic rings. The zero-order valence-corrected chi connectivity index (χ0v) is 9.91. The monoisotopic (exact) mass is 302 g/mol. The van der Waals surface area contributed by atoms with Crippen LogP contribution in [0.15, 0.2) is 24.3 Å². The molecule has 0 aromatic heterocycles. The van der Waals surface area contributed by atoms with E-state index in [0.717, 1.165) is 15.3 Å². The van der Waals surface area contributed by atoms with Gasteiger partial charge >= 0.3 is 0 Å². The van der Waals surface area contributed by atoms with Gasteiger partial charge < -0.3 is 11.1 Å². The van der Waals surface area contributed by atoms with E-state index < -0.39 is 26.6 Å². The summed E-state index contributed by atoms with van der Waals surface area (Å²) in [7, 11) is 0. The van der Waals surface area contributed by atoms with E-state index >= 15 is 0 Å². The number of nitrogens with one attached hydrogen (secondary N) is 1. The molecule has 1 rings (SSSR count). The van der Waals surface area contributed by atoms with Crippen LogP contribution in [-0.4, -0.2) is 15.6 Å². The molecule has 0 radical (unpaired) electrons. The van der Waals surface area contributed by atoms with E-state index in [1.54, 1.807) is 0 Å². The average Bonchev–Trinajstić information content (AvgIpc) is 2.16. The topological polar surface area (TPSA) is 66.9 Å². The van der Waals surface area contributed by atoms with Gasteiger partial charge in [-0.25, -0.2) is 0 Å². The third-order valence-electron chi connectivity index (χ3n) is 1.64. The lowest BCUT2D eigenvalue weighted by Crippen LogP contribution is -2.22. The number of hydrogen-bond acceptors (Lipinski definition) is 2. The van der Waals surface area contributed by atoms with Crippen LogP contribution in [0.5, 0.6) is 0 Å². The highest BCUT2D eigenvalue weighted by Gasteiger charge is 2.02. The first-order chi connectivity index (χ1) is 6.65. The Balaban J connectivity index is 3.13. The van der Waals surface area contributed by atoms with Crippen LogP contribution in [0.2, 0.25) is 0 Å². The lowest BCUT2D eigenvalue weighted by molar-refractivity contribution is -0.111. The Bertz CT molecular complexity index is 399. The van der Waals surface area contributed by atoms with Crippen molar-refractivity contribution in [1.82, 2.24) is 0 Å². The maximum absolute atomic E-state index is 10.9. The van der Waals surface area contributed by atoms with E-state index in [2.05, 4.69) is 0 Å². The maximum atomic E-state index is 10.9. The summed E-state index contributed by atoms with van der Waals surface area (Å²) in [6.07, 6.45) is 1.07. The molecule has 4 heteroatoms. The van der Waals surface area contributed by atoms with Gasteiger partial charge in [-0.15, -0.1) is 0 Å². The van der Waals surface area contributed by atoms with Crippen LogP contribution in [0.25, 0.3) is 0 Å². The molecule has 3 nitrogen and oxygen atoms in total. The molecular weight excluding hydrogens is 291 g/mol. The minimum Gasteiger partial charge on any atom is -0.365 e. The van der Waals surface area contributed by atoms with Gasteiger partial charge in [0.15, 0.2) is 0 Å². The third kappa shape index (κ3) is 2.73. The van der Waals surface area contributed by atoms with Crippen LogP contribution in [0.3, 0.4) is 0 Å². The van der Waals surface area contributed by atoms with Crippen LogP contribution < -0.4 is 5.73 Å². The summed E-state index contributed by atoms with van der Waals surface area (Å²) in [5.41, 5.74) is 6.30. The Morgan fingerprint density at radius 1 is 1.50 bits per heavy atom. The number of aryl methyl sites for hydroxylation is 1. The summed E-state index contributed by atoms with van der Waals surface area (Å²) in [4.78, 5) is 10.9. The third-order valence-corrected chi connectivity index (χ3v) is 4.86. The number of primary amides is 1. The van der Waals surface area contributed by atoms with E-state index in [1.807, 2.05) is 31.2 Å². The Morgan fingerprint density at radius 2 is 2.14 bits per heavy atom. The fraction of sp³-hybridized carbons (Fsp3) is 0.100. The molecule has 74 valence electrons. The molecule has 0 aliphatic rings. The summed E-state index contributed by atoms with van der Waals surface area (Å²) < 4.78 is 1.58. The largest absolute Gasteiger partial charge is 0.365 e. The van der Waals surface area contributed by atoms with E-state index in [-0.39, 0.29) is 0 Å². The van der Waals surface area contributed by atoms with E-state index in [4.69, 9.17) is 11.1 Å². The quantitative estimate of drug-likeness (QED) is 0.644. The second kappa shape index (κ2) is 4.99. The van der Waals surface area contributed by atoms with Crippen molar-refractivity contribution in [3.05, 3.63) is 33.4 Å². The summed E-state index contributed by atoms with van der Waals surface area (Å²) in [6, 6.07) is 7.87. The van der Waals surface area contributed by atoms with E-state index in [0.29, 0.717) is 3.51 Å². The molecule has 1 amide bonds.